The van der Waals surface area contributed by atoms with Gasteiger partial charge in [0.2, 0.25) is 0 Å². The number of pyridine rings is 1. The molecule has 0 bridgehead atoms. The van der Waals surface area contributed by atoms with Crippen molar-refractivity contribution in [2.75, 3.05) is 0 Å². The second-order valence-electron chi connectivity index (χ2n) is 3.45. The summed E-state index contributed by atoms with van der Waals surface area (Å²) >= 11 is 6.12. The SMILES string of the molecule is CC(=O)Oc1ccc(-c2ccccn2)c(Cl)c1. The third-order valence-electron chi connectivity index (χ3n) is 2.14. The number of hydrogen-bond acceptors (Lipinski definition) is 3. The zero-order valence-corrected chi connectivity index (χ0v) is 9.94. The molecule has 0 amide bonds. The molecule has 17 heavy (non-hydrogen) atoms. The summed E-state index contributed by atoms with van der Waals surface area (Å²) < 4.78 is 4.94. The smallest absolute Gasteiger partial charge is 0.308 e. The maximum atomic E-state index is 10.8. The Morgan fingerprint density at radius 1 is 1.29 bits per heavy atom. The van der Waals surface area contributed by atoms with Gasteiger partial charge in [-0.05, 0) is 24.3 Å². The fourth-order valence-electron chi connectivity index (χ4n) is 1.46. The number of carbonyl (C=O) groups excluding carboxylic acids is 1. The molecule has 0 atom stereocenters. The molecule has 0 fully saturated rings. The molecule has 0 aliphatic carbocycles. The van der Waals surface area contributed by atoms with Crippen LogP contribution in [0.2, 0.25) is 5.02 Å². The maximum Gasteiger partial charge on any atom is 0.308 e. The fraction of sp³-hybridized carbons (Fsp3) is 0.0769. The predicted octanol–water partition coefficient (Wildman–Crippen LogP) is 3.33. The molecule has 0 unspecified atom stereocenters. The quantitative estimate of drug-likeness (QED) is 0.604. The van der Waals surface area contributed by atoms with Gasteiger partial charge in [0, 0.05) is 24.8 Å². The van der Waals surface area contributed by atoms with Gasteiger partial charge in [-0.3, -0.25) is 9.78 Å². The van der Waals surface area contributed by atoms with E-state index in [0.29, 0.717) is 10.8 Å². The van der Waals surface area contributed by atoms with E-state index >= 15 is 0 Å². The Hall–Kier alpha value is -1.87. The first-order valence-electron chi connectivity index (χ1n) is 5.06. The number of ether oxygens (including phenoxy) is 1. The van der Waals surface area contributed by atoms with E-state index in [-0.39, 0.29) is 5.97 Å². The summed E-state index contributed by atoms with van der Waals surface area (Å²) in [5, 5.41) is 0.502. The highest BCUT2D eigenvalue weighted by molar-refractivity contribution is 6.33. The lowest BCUT2D eigenvalue weighted by atomic mass is 10.1. The molecule has 0 radical (unpaired) electrons. The minimum Gasteiger partial charge on any atom is -0.427 e. The Kier molecular flexibility index (Phi) is 3.40. The number of hydrogen-bond donors (Lipinski definition) is 0. The van der Waals surface area contributed by atoms with E-state index in [0.717, 1.165) is 11.3 Å². The first-order valence-corrected chi connectivity index (χ1v) is 5.44. The van der Waals surface area contributed by atoms with E-state index in [4.69, 9.17) is 16.3 Å². The second kappa shape index (κ2) is 4.97. The highest BCUT2D eigenvalue weighted by Crippen LogP contribution is 2.29. The number of carbonyl (C=O) groups is 1. The number of nitrogens with zero attached hydrogens (tertiary/aromatic N) is 1. The van der Waals surface area contributed by atoms with Gasteiger partial charge < -0.3 is 4.74 Å². The molecule has 0 saturated heterocycles. The lowest BCUT2D eigenvalue weighted by Gasteiger charge is -2.06. The predicted molar refractivity (Wildman–Crippen MR) is 66.0 cm³/mol. The van der Waals surface area contributed by atoms with Gasteiger partial charge in [-0.15, -0.1) is 0 Å². The van der Waals surface area contributed by atoms with Gasteiger partial charge in [-0.25, -0.2) is 0 Å². The molecule has 2 aromatic rings. The van der Waals surface area contributed by atoms with Crippen molar-refractivity contribution >= 4 is 17.6 Å². The molecule has 0 spiro atoms. The lowest BCUT2D eigenvalue weighted by Crippen LogP contribution is -2.01. The zero-order chi connectivity index (χ0) is 12.3. The van der Waals surface area contributed by atoms with Gasteiger partial charge in [0.05, 0.1) is 10.7 Å². The molecular weight excluding hydrogens is 238 g/mol. The van der Waals surface area contributed by atoms with Crippen molar-refractivity contribution in [1.82, 2.24) is 4.98 Å². The number of aromatic nitrogens is 1. The number of esters is 1. The third kappa shape index (κ3) is 2.82. The van der Waals surface area contributed by atoms with Crippen LogP contribution in [0.4, 0.5) is 0 Å². The van der Waals surface area contributed by atoms with Crippen LogP contribution >= 0.6 is 11.6 Å². The standard InChI is InChI=1S/C13H10ClNO2/c1-9(16)17-10-5-6-11(12(14)8-10)13-4-2-3-7-15-13/h2-8H,1H3. The normalized spacial score (nSPS) is 10.0. The van der Waals surface area contributed by atoms with Crippen molar-refractivity contribution in [3.05, 3.63) is 47.6 Å². The summed E-state index contributed by atoms with van der Waals surface area (Å²) in [6.07, 6.45) is 1.70. The minimum atomic E-state index is -0.369. The van der Waals surface area contributed by atoms with Crippen LogP contribution in [0.1, 0.15) is 6.92 Å². The van der Waals surface area contributed by atoms with Crippen molar-refractivity contribution in [1.29, 1.82) is 0 Å². The Bertz CT molecular complexity index is 540. The monoisotopic (exact) mass is 247 g/mol. The van der Waals surface area contributed by atoms with Gasteiger partial charge in [-0.1, -0.05) is 17.7 Å². The van der Waals surface area contributed by atoms with Gasteiger partial charge in [0.1, 0.15) is 5.75 Å². The molecule has 4 heteroatoms. The minimum absolute atomic E-state index is 0.369. The number of rotatable bonds is 2. The van der Waals surface area contributed by atoms with Crippen LogP contribution in [-0.2, 0) is 4.79 Å². The van der Waals surface area contributed by atoms with Crippen LogP contribution in [0.15, 0.2) is 42.6 Å². The molecule has 0 aliphatic rings. The zero-order valence-electron chi connectivity index (χ0n) is 9.18. The van der Waals surface area contributed by atoms with Crippen LogP contribution in [0, 0.1) is 0 Å². The lowest BCUT2D eigenvalue weighted by molar-refractivity contribution is -0.131. The van der Waals surface area contributed by atoms with Crippen LogP contribution in [0.5, 0.6) is 5.75 Å². The van der Waals surface area contributed by atoms with Gasteiger partial charge in [0.25, 0.3) is 0 Å². The molecule has 1 aromatic carbocycles. The topological polar surface area (TPSA) is 39.2 Å². The fourth-order valence-corrected chi connectivity index (χ4v) is 1.72. The first kappa shape index (κ1) is 11.6. The van der Waals surface area contributed by atoms with Crippen molar-refractivity contribution in [2.24, 2.45) is 0 Å². The van der Waals surface area contributed by atoms with Crippen LogP contribution in [-0.4, -0.2) is 11.0 Å². The van der Waals surface area contributed by atoms with E-state index in [1.807, 2.05) is 18.2 Å². The molecule has 0 N–H and O–H groups in total. The summed E-state index contributed by atoms with van der Waals surface area (Å²) in [5.41, 5.74) is 1.59. The molecule has 0 aliphatic heterocycles. The third-order valence-corrected chi connectivity index (χ3v) is 2.46. The van der Waals surface area contributed by atoms with E-state index in [1.54, 1.807) is 24.4 Å². The molecule has 1 aromatic heterocycles. The Labute approximate surface area is 104 Å². The number of benzene rings is 1. The molecule has 3 nitrogen and oxygen atoms in total. The van der Waals surface area contributed by atoms with Crippen molar-refractivity contribution in [2.45, 2.75) is 6.92 Å². The Morgan fingerprint density at radius 3 is 2.71 bits per heavy atom. The Morgan fingerprint density at radius 2 is 2.12 bits per heavy atom. The summed E-state index contributed by atoms with van der Waals surface area (Å²) in [7, 11) is 0. The summed E-state index contributed by atoms with van der Waals surface area (Å²) in [6, 6.07) is 10.7. The maximum absolute atomic E-state index is 10.8. The average molecular weight is 248 g/mol. The highest BCUT2D eigenvalue weighted by atomic mass is 35.5. The van der Waals surface area contributed by atoms with Crippen LogP contribution < -0.4 is 4.74 Å². The summed E-state index contributed by atoms with van der Waals surface area (Å²) in [5.74, 6) is 0.0637. The molecule has 0 saturated carbocycles. The first-order chi connectivity index (χ1) is 8.16. The summed E-state index contributed by atoms with van der Waals surface area (Å²) in [6.45, 7) is 1.35. The van der Waals surface area contributed by atoms with E-state index in [1.165, 1.54) is 6.92 Å². The van der Waals surface area contributed by atoms with Gasteiger partial charge in [0.15, 0.2) is 0 Å². The molecule has 86 valence electrons. The Balaban J connectivity index is 2.35. The number of halogens is 1. The van der Waals surface area contributed by atoms with Crippen molar-refractivity contribution in [3.63, 3.8) is 0 Å². The van der Waals surface area contributed by atoms with Crippen molar-refractivity contribution in [3.8, 4) is 17.0 Å². The average Bonchev–Trinajstić information content (AvgIpc) is 2.29. The van der Waals surface area contributed by atoms with E-state index < -0.39 is 0 Å². The van der Waals surface area contributed by atoms with Crippen molar-refractivity contribution < 1.29 is 9.53 Å². The van der Waals surface area contributed by atoms with Crippen LogP contribution in [0.3, 0.4) is 0 Å². The molecule has 2 rings (SSSR count). The highest BCUT2D eigenvalue weighted by Gasteiger charge is 2.06. The van der Waals surface area contributed by atoms with Gasteiger partial charge >= 0.3 is 5.97 Å². The van der Waals surface area contributed by atoms with E-state index in [9.17, 15) is 4.79 Å². The largest absolute Gasteiger partial charge is 0.427 e. The second-order valence-corrected chi connectivity index (χ2v) is 3.86. The molecule has 1 heterocycles. The molecular formula is C13H10ClNO2. The van der Waals surface area contributed by atoms with Crippen LogP contribution in [0.25, 0.3) is 11.3 Å². The summed E-state index contributed by atoms with van der Waals surface area (Å²) in [4.78, 5) is 15.0. The van der Waals surface area contributed by atoms with Gasteiger partial charge in [-0.2, -0.15) is 0 Å². The van der Waals surface area contributed by atoms with E-state index in [2.05, 4.69) is 4.98 Å².